The summed E-state index contributed by atoms with van der Waals surface area (Å²) in [6.07, 6.45) is 0. The van der Waals surface area contributed by atoms with E-state index < -0.39 is 41.8 Å². The van der Waals surface area contributed by atoms with Crippen LogP contribution in [0.25, 0.3) is 11.0 Å². The lowest BCUT2D eigenvalue weighted by atomic mass is 10.1. The van der Waals surface area contributed by atoms with E-state index in [9.17, 15) is 24.0 Å². The van der Waals surface area contributed by atoms with Gasteiger partial charge in [-0.1, -0.05) is 0 Å². The maximum absolute atomic E-state index is 12.6. The van der Waals surface area contributed by atoms with Crippen LogP contribution in [0, 0.1) is 0 Å². The van der Waals surface area contributed by atoms with Crippen molar-refractivity contribution in [3.8, 4) is 0 Å². The highest BCUT2D eigenvalue weighted by Crippen LogP contribution is 2.21. The van der Waals surface area contributed by atoms with Gasteiger partial charge in [-0.3, -0.25) is 14.4 Å². The first-order valence-electron chi connectivity index (χ1n) is 9.53. The molecule has 0 aliphatic rings. The van der Waals surface area contributed by atoms with Crippen molar-refractivity contribution in [2.45, 2.75) is 13.0 Å². The van der Waals surface area contributed by atoms with Crippen molar-refractivity contribution in [1.29, 1.82) is 0 Å². The number of nitrogens with zero attached hydrogens (tertiary/aromatic N) is 2. The van der Waals surface area contributed by atoms with Crippen LogP contribution in [-0.4, -0.2) is 58.3 Å². The van der Waals surface area contributed by atoms with Gasteiger partial charge < -0.3 is 25.1 Å². The number of aliphatic hydroxyl groups is 1. The molecule has 12 nitrogen and oxygen atoms in total. The number of ketones is 2. The molecule has 0 saturated carbocycles. The van der Waals surface area contributed by atoms with Crippen molar-refractivity contribution in [2.75, 3.05) is 19.0 Å². The smallest absolute Gasteiger partial charge is 0.337 e. The fraction of sp³-hybridized carbons (Fsp3) is 0.190. The number of fused-ring (bicyclic) bond motifs is 1. The number of ether oxygens (including phenoxy) is 1. The van der Waals surface area contributed by atoms with Crippen LogP contribution in [-0.2, 0) is 14.3 Å². The van der Waals surface area contributed by atoms with Gasteiger partial charge in [-0.2, -0.15) is 10.2 Å². The number of aromatic amines is 2. The summed E-state index contributed by atoms with van der Waals surface area (Å²) in [6, 6.07) is 6.82. The maximum atomic E-state index is 12.6. The number of methoxy groups -OCH3 is 1. The molecule has 1 aromatic heterocycles. The largest absolute Gasteiger partial charge is 0.465 e. The molecule has 1 heterocycles. The molecule has 3 rings (SSSR count). The third kappa shape index (κ3) is 5.43. The van der Waals surface area contributed by atoms with E-state index in [-0.39, 0.29) is 16.8 Å². The van der Waals surface area contributed by atoms with Crippen molar-refractivity contribution in [3.63, 3.8) is 0 Å². The molecule has 0 aliphatic heterocycles. The number of Topliss-reactive ketones (excluding diaryl/α,β-unsaturated/α-hetero) is 2. The first-order valence-corrected chi connectivity index (χ1v) is 9.53. The molecule has 0 spiro atoms. The molecule has 0 radical (unpaired) electrons. The Morgan fingerprint density at radius 1 is 1.06 bits per heavy atom. The summed E-state index contributed by atoms with van der Waals surface area (Å²) >= 11 is 0. The lowest BCUT2D eigenvalue weighted by molar-refractivity contribution is -0.126. The Bertz CT molecular complexity index is 1300. The molecule has 0 saturated heterocycles. The number of aromatic nitrogens is 2. The Kier molecular flexibility index (Phi) is 6.88. The minimum atomic E-state index is -1.52. The zero-order valence-electron chi connectivity index (χ0n) is 17.5. The molecule has 1 amide bonds. The number of anilines is 1. The molecule has 12 heteroatoms. The number of carbonyl (C=O) groups excluding carboxylic acids is 4. The Morgan fingerprint density at radius 3 is 2.42 bits per heavy atom. The van der Waals surface area contributed by atoms with E-state index in [0.717, 1.165) is 14.0 Å². The number of hydrogen-bond acceptors (Lipinski definition) is 9. The average Bonchev–Trinajstić information content (AvgIpc) is 3.16. The topological polar surface area (TPSA) is 183 Å². The number of H-pyrrole nitrogens is 2. The monoisotopic (exact) mass is 453 g/mol. The number of amides is 1. The number of imidazole rings is 1. The lowest BCUT2D eigenvalue weighted by Gasteiger charge is -2.10. The van der Waals surface area contributed by atoms with Crippen LogP contribution in [0.3, 0.4) is 0 Å². The van der Waals surface area contributed by atoms with Crippen molar-refractivity contribution < 1.29 is 29.0 Å². The highest BCUT2D eigenvalue weighted by molar-refractivity contribution is 6.10. The highest BCUT2D eigenvalue weighted by Gasteiger charge is 2.23. The number of nitrogens with one attached hydrogen (secondary N) is 3. The van der Waals surface area contributed by atoms with Crippen LogP contribution in [0.1, 0.15) is 27.6 Å². The first kappa shape index (κ1) is 23.2. The van der Waals surface area contributed by atoms with E-state index in [1.54, 1.807) is 6.07 Å². The Labute approximate surface area is 185 Å². The van der Waals surface area contributed by atoms with Crippen LogP contribution < -0.4 is 11.0 Å². The summed E-state index contributed by atoms with van der Waals surface area (Å²) in [5.41, 5.74) is 0.860. The third-order valence-electron chi connectivity index (χ3n) is 4.51. The molecule has 1 atom stereocenters. The normalized spacial score (nSPS) is 12.0. The zero-order chi connectivity index (χ0) is 24.1. The summed E-state index contributed by atoms with van der Waals surface area (Å²) in [4.78, 5) is 64.9. The molecule has 0 fully saturated rings. The SMILES string of the molecule is COC(=O)c1cc(/N=N/C(C(C)=O)C(=O)Nc2ccc3[nH]c(=O)[nH]c3c2)cc(C(=O)CO)c1. The van der Waals surface area contributed by atoms with Crippen LogP contribution in [0.5, 0.6) is 0 Å². The maximum Gasteiger partial charge on any atom is 0.337 e. The quantitative estimate of drug-likeness (QED) is 0.172. The minimum absolute atomic E-state index is 0.0000625. The van der Waals surface area contributed by atoms with Gasteiger partial charge in [0.15, 0.2) is 11.6 Å². The molecule has 4 N–H and O–H groups in total. The van der Waals surface area contributed by atoms with E-state index in [4.69, 9.17) is 5.11 Å². The molecular weight excluding hydrogens is 434 g/mol. The van der Waals surface area contributed by atoms with Crippen LogP contribution >= 0.6 is 0 Å². The first-order chi connectivity index (χ1) is 15.7. The number of benzene rings is 2. The molecule has 0 bridgehead atoms. The number of hydrogen-bond donors (Lipinski definition) is 4. The fourth-order valence-corrected chi connectivity index (χ4v) is 2.92. The fourth-order valence-electron chi connectivity index (χ4n) is 2.92. The lowest BCUT2D eigenvalue weighted by Crippen LogP contribution is -2.31. The van der Waals surface area contributed by atoms with Crippen molar-refractivity contribution in [2.24, 2.45) is 10.2 Å². The summed E-state index contributed by atoms with van der Waals surface area (Å²) in [7, 11) is 1.15. The molecule has 0 aliphatic carbocycles. The Hall–Kier alpha value is -4.45. The number of carbonyl (C=O) groups is 4. The van der Waals surface area contributed by atoms with Gasteiger partial charge in [-0.05, 0) is 43.3 Å². The third-order valence-corrected chi connectivity index (χ3v) is 4.51. The van der Waals surface area contributed by atoms with E-state index in [1.165, 1.54) is 30.3 Å². The van der Waals surface area contributed by atoms with Gasteiger partial charge in [0.2, 0.25) is 6.04 Å². The van der Waals surface area contributed by atoms with E-state index in [1.807, 2.05) is 0 Å². The van der Waals surface area contributed by atoms with Crippen molar-refractivity contribution in [1.82, 2.24) is 9.97 Å². The standard InChI is InChI=1S/C21H19N5O7/c1-10(28)18(19(30)22-13-3-4-15-16(8-13)24-21(32)23-15)26-25-14-6-11(17(29)9-27)5-12(7-14)20(31)33-2/h3-8,18,27H,9H2,1-2H3,(H,22,30)(H2,23,24,32)/b26-25+. The van der Waals surface area contributed by atoms with Gasteiger partial charge in [0.1, 0.15) is 6.61 Å². The van der Waals surface area contributed by atoms with E-state index >= 15 is 0 Å². The molecule has 170 valence electrons. The average molecular weight is 453 g/mol. The number of aliphatic hydroxyl groups excluding tert-OH is 1. The highest BCUT2D eigenvalue weighted by atomic mass is 16.5. The van der Waals surface area contributed by atoms with Crippen molar-refractivity contribution in [3.05, 3.63) is 58.0 Å². The van der Waals surface area contributed by atoms with E-state index in [0.29, 0.717) is 16.7 Å². The number of rotatable bonds is 8. The number of azo groups is 1. The summed E-state index contributed by atoms with van der Waals surface area (Å²) in [5, 5.41) is 19.3. The second-order valence-electron chi connectivity index (χ2n) is 6.90. The van der Waals surface area contributed by atoms with Crippen molar-refractivity contribution >= 4 is 45.9 Å². The minimum Gasteiger partial charge on any atom is -0.465 e. The number of esters is 1. The summed E-state index contributed by atoms with van der Waals surface area (Å²) < 4.78 is 4.63. The predicted octanol–water partition coefficient (Wildman–Crippen LogP) is 1.50. The second-order valence-corrected chi connectivity index (χ2v) is 6.90. The Morgan fingerprint density at radius 2 is 1.76 bits per heavy atom. The summed E-state index contributed by atoms with van der Waals surface area (Å²) in [5.74, 6) is -2.81. The van der Waals surface area contributed by atoms with Gasteiger partial charge in [0, 0.05) is 11.3 Å². The molecule has 3 aromatic rings. The van der Waals surface area contributed by atoms with Gasteiger partial charge in [0.25, 0.3) is 5.91 Å². The zero-order valence-corrected chi connectivity index (χ0v) is 17.5. The van der Waals surface area contributed by atoms with Crippen LogP contribution in [0.2, 0.25) is 0 Å². The van der Waals surface area contributed by atoms with Crippen LogP contribution in [0.15, 0.2) is 51.4 Å². The second kappa shape index (κ2) is 9.78. The predicted molar refractivity (Wildman–Crippen MR) is 116 cm³/mol. The van der Waals surface area contributed by atoms with E-state index in [2.05, 4.69) is 30.3 Å². The van der Waals surface area contributed by atoms with Gasteiger partial charge in [0.05, 0.1) is 29.4 Å². The molecule has 2 aromatic carbocycles. The summed E-state index contributed by atoms with van der Waals surface area (Å²) in [6.45, 7) is 0.359. The molecular formula is C21H19N5O7. The van der Waals surface area contributed by atoms with Gasteiger partial charge in [-0.25, -0.2) is 9.59 Å². The molecule has 1 unspecified atom stereocenters. The Balaban J connectivity index is 1.87. The van der Waals surface area contributed by atoms with Gasteiger partial charge in [-0.15, -0.1) is 0 Å². The van der Waals surface area contributed by atoms with Gasteiger partial charge >= 0.3 is 11.7 Å². The van der Waals surface area contributed by atoms with Crippen LogP contribution in [0.4, 0.5) is 11.4 Å². The molecule has 33 heavy (non-hydrogen) atoms.